The fourth-order valence-electron chi connectivity index (χ4n) is 3.46. The van der Waals surface area contributed by atoms with Crippen LogP contribution >= 0.6 is 11.3 Å². The van der Waals surface area contributed by atoms with Crippen molar-refractivity contribution < 1.29 is 4.74 Å². The van der Waals surface area contributed by atoms with Crippen molar-refractivity contribution in [2.75, 3.05) is 7.11 Å². The second-order valence-electron chi connectivity index (χ2n) is 7.10. The van der Waals surface area contributed by atoms with Crippen molar-refractivity contribution in [2.24, 2.45) is 0 Å². The van der Waals surface area contributed by atoms with Crippen LogP contribution in [0.5, 0.6) is 5.75 Å². The van der Waals surface area contributed by atoms with Gasteiger partial charge >= 0.3 is 0 Å². The van der Waals surface area contributed by atoms with Crippen LogP contribution < -0.4 is 4.74 Å². The molecule has 0 aliphatic heterocycles. The highest BCUT2D eigenvalue weighted by Gasteiger charge is 2.15. The molecule has 0 unspecified atom stereocenters. The second kappa shape index (κ2) is 8.50. The number of nitrogens with zero attached hydrogens (tertiary/aromatic N) is 4. The van der Waals surface area contributed by atoms with Crippen LogP contribution in [0.25, 0.3) is 38.8 Å². The molecule has 0 N–H and O–H groups in total. The van der Waals surface area contributed by atoms with Gasteiger partial charge in [-0.05, 0) is 54.6 Å². The van der Waals surface area contributed by atoms with Gasteiger partial charge in [0.1, 0.15) is 16.8 Å². The number of ether oxygens (including phenoxy) is 1. The number of methoxy groups -OCH3 is 1. The van der Waals surface area contributed by atoms with Crippen LogP contribution in [0.2, 0.25) is 0 Å². The topological polar surface area (TPSA) is 63.7 Å². The van der Waals surface area contributed by atoms with E-state index in [-0.39, 0.29) is 0 Å². The number of nitriles is 1. The maximum Gasteiger partial charge on any atom is 0.135 e. The van der Waals surface area contributed by atoms with Gasteiger partial charge < -0.3 is 4.74 Å². The van der Waals surface area contributed by atoms with Crippen molar-refractivity contribution in [1.82, 2.24) is 14.8 Å². The zero-order valence-electron chi connectivity index (χ0n) is 17.3. The molecule has 5 rings (SSSR count). The summed E-state index contributed by atoms with van der Waals surface area (Å²) in [4.78, 5) is 4.65. The van der Waals surface area contributed by atoms with Gasteiger partial charge in [-0.3, -0.25) is 0 Å². The van der Waals surface area contributed by atoms with Crippen molar-refractivity contribution in [1.29, 1.82) is 5.26 Å². The SMILES string of the molecule is COc1ccc(-c2nn(-c3ccccc3)cc2C=C(C#N)c2nc3ccccc3s2)cc1. The Kier molecular flexibility index (Phi) is 5.24. The highest BCUT2D eigenvalue weighted by molar-refractivity contribution is 7.19. The molecular formula is C26H18N4OS. The van der Waals surface area contributed by atoms with Gasteiger partial charge in [-0.15, -0.1) is 11.3 Å². The molecule has 0 radical (unpaired) electrons. The maximum absolute atomic E-state index is 9.92. The number of hydrogen-bond acceptors (Lipinski definition) is 5. The Bertz CT molecular complexity index is 1420. The lowest BCUT2D eigenvalue weighted by Crippen LogP contribution is -1.94. The van der Waals surface area contributed by atoms with E-state index in [0.29, 0.717) is 10.6 Å². The van der Waals surface area contributed by atoms with Crippen LogP contribution in [0, 0.1) is 11.3 Å². The highest BCUT2D eigenvalue weighted by atomic mass is 32.1. The summed E-state index contributed by atoms with van der Waals surface area (Å²) in [7, 11) is 1.64. The van der Waals surface area contributed by atoms with Gasteiger partial charge in [-0.2, -0.15) is 10.4 Å². The number of para-hydroxylation sites is 2. The molecule has 3 aromatic carbocycles. The zero-order valence-corrected chi connectivity index (χ0v) is 18.1. The van der Waals surface area contributed by atoms with Crippen LogP contribution in [-0.4, -0.2) is 21.9 Å². The van der Waals surface area contributed by atoms with Crippen molar-refractivity contribution in [3.05, 3.63) is 95.6 Å². The molecule has 2 heterocycles. The van der Waals surface area contributed by atoms with Gasteiger partial charge in [0.25, 0.3) is 0 Å². The summed E-state index contributed by atoms with van der Waals surface area (Å²) in [6.07, 6.45) is 3.81. The second-order valence-corrected chi connectivity index (χ2v) is 8.13. The first-order valence-corrected chi connectivity index (χ1v) is 10.8. The van der Waals surface area contributed by atoms with Crippen molar-refractivity contribution in [2.45, 2.75) is 0 Å². The molecule has 0 spiro atoms. The van der Waals surface area contributed by atoms with Gasteiger partial charge in [-0.1, -0.05) is 30.3 Å². The molecule has 0 fully saturated rings. The third kappa shape index (κ3) is 3.78. The van der Waals surface area contributed by atoms with Gasteiger partial charge in [-0.25, -0.2) is 9.67 Å². The molecule has 0 atom stereocenters. The van der Waals surface area contributed by atoms with Crippen LogP contribution in [0.3, 0.4) is 0 Å². The first kappa shape index (κ1) is 19.7. The number of hydrogen-bond donors (Lipinski definition) is 0. The molecule has 0 bridgehead atoms. The van der Waals surface area contributed by atoms with Gasteiger partial charge in [0, 0.05) is 17.3 Å². The quantitative estimate of drug-likeness (QED) is 0.308. The minimum absolute atomic E-state index is 0.508. The lowest BCUT2D eigenvalue weighted by atomic mass is 10.1. The Labute approximate surface area is 189 Å². The molecule has 0 aliphatic carbocycles. The van der Waals surface area contributed by atoms with E-state index in [1.807, 2.05) is 95.8 Å². The summed E-state index contributed by atoms with van der Waals surface area (Å²) >= 11 is 1.51. The molecular weight excluding hydrogens is 416 g/mol. The lowest BCUT2D eigenvalue weighted by Gasteiger charge is -2.03. The lowest BCUT2D eigenvalue weighted by molar-refractivity contribution is 0.415. The number of benzene rings is 3. The van der Waals surface area contributed by atoms with Crippen LogP contribution in [0.15, 0.2) is 85.1 Å². The fourth-order valence-corrected chi connectivity index (χ4v) is 4.40. The van der Waals surface area contributed by atoms with Gasteiger partial charge in [0.05, 0.1) is 34.3 Å². The summed E-state index contributed by atoms with van der Waals surface area (Å²) < 4.78 is 8.18. The first-order chi connectivity index (χ1) is 15.7. The molecule has 32 heavy (non-hydrogen) atoms. The minimum Gasteiger partial charge on any atom is -0.497 e. The van der Waals surface area contributed by atoms with Gasteiger partial charge in [0.2, 0.25) is 0 Å². The Morgan fingerprint density at radius 3 is 2.47 bits per heavy atom. The van der Waals surface area contributed by atoms with E-state index >= 15 is 0 Å². The van der Waals surface area contributed by atoms with Crippen molar-refractivity contribution in [3.8, 4) is 28.8 Å². The van der Waals surface area contributed by atoms with Gasteiger partial charge in [0.15, 0.2) is 0 Å². The molecule has 154 valence electrons. The number of thiazole rings is 1. The molecule has 6 heteroatoms. The van der Waals surface area contributed by atoms with E-state index < -0.39 is 0 Å². The van der Waals surface area contributed by atoms with Crippen LogP contribution in [0.4, 0.5) is 0 Å². The summed E-state index contributed by atoms with van der Waals surface area (Å²) in [5.74, 6) is 0.778. The maximum atomic E-state index is 9.92. The normalized spacial score (nSPS) is 11.4. The molecule has 0 aliphatic rings. The van der Waals surface area contributed by atoms with E-state index in [2.05, 4.69) is 11.1 Å². The predicted molar refractivity (Wildman–Crippen MR) is 129 cm³/mol. The van der Waals surface area contributed by atoms with E-state index in [0.717, 1.165) is 38.5 Å². The average Bonchev–Trinajstić information content (AvgIpc) is 3.47. The molecule has 0 saturated heterocycles. The Morgan fingerprint density at radius 1 is 1.00 bits per heavy atom. The Morgan fingerprint density at radius 2 is 1.75 bits per heavy atom. The van der Waals surface area contributed by atoms with Crippen LogP contribution in [0.1, 0.15) is 10.6 Å². The number of allylic oxidation sites excluding steroid dienone is 1. The average molecular weight is 435 g/mol. The molecule has 5 nitrogen and oxygen atoms in total. The molecule has 5 aromatic rings. The summed E-state index contributed by atoms with van der Waals surface area (Å²) in [6, 6.07) is 27.9. The molecule has 0 saturated carbocycles. The standard InChI is InChI=1S/C26H18N4OS/c1-31-22-13-11-18(12-14-22)25-20(17-30(29-25)21-7-3-2-4-8-21)15-19(16-27)26-28-23-9-5-6-10-24(23)32-26/h2-15,17H,1H3. The Hall–Kier alpha value is -4.21. The number of rotatable bonds is 5. The highest BCUT2D eigenvalue weighted by Crippen LogP contribution is 2.31. The monoisotopic (exact) mass is 434 g/mol. The fraction of sp³-hybridized carbons (Fsp3) is 0.0385. The first-order valence-electron chi connectivity index (χ1n) is 10.0. The van der Waals surface area contributed by atoms with Crippen molar-refractivity contribution >= 4 is 33.2 Å². The van der Waals surface area contributed by atoms with E-state index in [9.17, 15) is 5.26 Å². The van der Waals surface area contributed by atoms with Crippen LogP contribution in [-0.2, 0) is 0 Å². The largest absolute Gasteiger partial charge is 0.497 e. The van der Waals surface area contributed by atoms with E-state index in [1.165, 1.54) is 11.3 Å². The predicted octanol–water partition coefficient (Wildman–Crippen LogP) is 6.22. The summed E-state index contributed by atoms with van der Waals surface area (Å²) in [6.45, 7) is 0. The third-order valence-corrected chi connectivity index (χ3v) is 6.14. The van der Waals surface area contributed by atoms with E-state index in [1.54, 1.807) is 7.11 Å². The number of fused-ring (bicyclic) bond motifs is 1. The zero-order chi connectivity index (χ0) is 21.9. The van der Waals surface area contributed by atoms with E-state index in [4.69, 9.17) is 9.84 Å². The smallest absolute Gasteiger partial charge is 0.135 e. The molecule has 2 aromatic heterocycles. The number of aromatic nitrogens is 3. The molecule has 0 amide bonds. The Balaban J connectivity index is 1.65. The summed E-state index contributed by atoms with van der Waals surface area (Å²) in [5.41, 5.74) is 4.91. The van der Waals surface area contributed by atoms with Crippen molar-refractivity contribution in [3.63, 3.8) is 0 Å². The third-order valence-electron chi connectivity index (χ3n) is 5.07. The minimum atomic E-state index is 0.508. The summed E-state index contributed by atoms with van der Waals surface area (Å²) in [5, 5.41) is 15.5.